The van der Waals surface area contributed by atoms with Crippen LogP contribution in [0.5, 0.6) is 5.75 Å². The van der Waals surface area contributed by atoms with Gasteiger partial charge in [0.05, 0.1) is 17.6 Å². The first-order valence-electron chi connectivity index (χ1n) is 11.1. The van der Waals surface area contributed by atoms with Crippen molar-refractivity contribution in [3.63, 3.8) is 0 Å². The van der Waals surface area contributed by atoms with Gasteiger partial charge in [-0.25, -0.2) is 0 Å². The van der Waals surface area contributed by atoms with Crippen LogP contribution in [0.3, 0.4) is 0 Å². The van der Waals surface area contributed by atoms with Gasteiger partial charge >= 0.3 is 6.18 Å². The first-order valence-corrected chi connectivity index (χ1v) is 11.1. The molecule has 3 aliphatic rings. The minimum atomic E-state index is -4.39. The van der Waals surface area contributed by atoms with Crippen LogP contribution in [0.25, 0.3) is 0 Å². The Morgan fingerprint density at radius 1 is 1.06 bits per heavy atom. The normalized spacial score (nSPS) is 29.4. The van der Waals surface area contributed by atoms with Crippen molar-refractivity contribution in [3.05, 3.63) is 24.3 Å². The minimum absolute atomic E-state index is 0.0360. The molecule has 3 fully saturated rings. The molecule has 0 atom stereocenters. The second-order valence-electron chi connectivity index (χ2n) is 9.42. The van der Waals surface area contributed by atoms with E-state index >= 15 is 0 Å². The molecule has 1 aromatic rings. The Hall–Kier alpha value is -1.80. The fraction of sp³-hybridized carbons (Fsp3) is 0.696. The number of ether oxygens (including phenoxy) is 2. The average molecular weight is 441 g/mol. The second kappa shape index (κ2) is 8.62. The molecule has 4 rings (SSSR count). The largest absolute Gasteiger partial charge is 0.484 e. The highest BCUT2D eigenvalue weighted by atomic mass is 19.4. The third-order valence-corrected chi connectivity index (χ3v) is 7.15. The number of anilines is 1. The van der Waals surface area contributed by atoms with E-state index < -0.39 is 23.8 Å². The van der Waals surface area contributed by atoms with Gasteiger partial charge in [0, 0.05) is 18.8 Å². The monoisotopic (exact) mass is 441 g/mol. The van der Waals surface area contributed by atoms with Crippen molar-refractivity contribution in [2.75, 3.05) is 31.3 Å². The van der Waals surface area contributed by atoms with Gasteiger partial charge in [0.15, 0.2) is 6.61 Å². The zero-order valence-corrected chi connectivity index (χ0v) is 17.6. The van der Waals surface area contributed by atoms with Crippen LogP contribution < -0.4 is 9.64 Å². The SMILES string of the molecule is O=C1N(c2ccc(OCC(F)(F)F)cc2)CC[C@]12CC[C@@](O)(COCC1CCC1)CC2. The highest BCUT2D eigenvalue weighted by Crippen LogP contribution is 2.48. The van der Waals surface area contributed by atoms with Crippen molar-refractivity contribution in [2.45, 2.75) is 63.1 Å². The number of nitrogens with zero attached hydrogens (tertiary/aromatic N) is 1. The van der Waals surface area contributed by atoms with Crippen molar-refractivity contribution >= 4 is 11.6 Å². The standard InChI is InChI=1S/C23H30F3NO4/c24-23(25,26)16-31-19-6-4-18(5-7-19)27-13-12-21(20(27)28)8-10-22(29,11-9-21)15-30-14-17-2-1-3-17/h4-7,17,29H,1-3,8-16H2/t21-,22+. The summed E-state index contributed by atoms with van der Waals surface area (Å²) in [6.45, 7) is 0.267. The number of hydrogen-bond acceptors (Lipinski definition) is 4. The smallest absolute Gasteiger partial charge is 0.422 e. The summed E-state index contributed by atoms with van der Waals surface area (Å²) in [6, 6.07) is 6.16. The average Bonchev–Trinajstić information content (AvgIpc) is 3.01. The molecule has 2 aliphatic carbocycles. The molecule has 1 heterocycles. The quantitative estimate of drug-likeness (QED) is 0.678. The molecule has 1 saturated heterocycles. The number of benzene rings is 1. The summed E-state index contributed by atoms with van der Waals surface area (Å²) in [5.74, 6) is 0.787. The van der Waals surface area contributed by atoms with Gasteiger partial charge < -0.3 is 19.5 Å². The number of amides is 1. The molecule has 31 heavy (non-hydrogen) atoms. The number of halogens is 3. The first-order chi connectivity index (χ1) is 14.7. The fourth-order valence-corrected chi connectivity index (χ4v) is 4.83. The maximum Gasteiger partial charge on any atom is 0.422 e. The van der Waals surface area contributed by atoms with Crippen LogP contribution in [0.4, 0.5) is 18.9 Å². The molecule has 1 aromatic carbocycles. The van der Waals surface area contributed by atoms with E-state index in [2.05, 4.69) is 0 Å². The Balaban J connectivity index is 1.30. The number of aliphatic hydroxyl groups is 1. The lowest BCUT2D eigenvalue weighted by atomic mass is 9.68. The van der Waals surface area contributed by atoms with Gasteiger partial charge in [-0.15, -0.1) is 0 Å². The van der Waals surface area contributed by atoms with Crippen molar-refractivity contribution < 1.29 is 32.5 Å². The Kier molecular flexibility index (Phi) is 6.23. The van der Waals surface area contributed by atoms with Gasteiger partial charge in [-0.05, 0) is 75.1 Å². The first kappa shape index (κ1) is 22.4. The maximum atomic E-state index is 13.2. The summed E-state index contributed by atoms with van der Waals surface area (Å²) >= 11 is 0. The van der Waals surface area contributed by atoms with Crippen LogP contribution in [-0.2, 0) is 9.53 Å². The van der Waals surface area contributed by atoms with Crippen molar-refractivity contribution in [1.82, 2.24) is 0 Å². The molecule has 172 valence electrons. The second-order valence-corrected chi connectivity index (χ2v) is 9.42. The Morgan fingerprint density at radius 3 is 2.32 bits per heavy atom. The molecule has 1 spiro atoms. The minimum Gasteiger partial charge on any atom is -0.484 e. The van der Waals surface area contributed by atoms with Gasteiger partial charge in [-0.2, -0.15) is 13.2 Å². The Labute approximate surface area is 180 Å². The van der Waals surface area contributed by atoms with Crippen LogP contribution in [0.1, 0.15) is 51.4 Å². The van der Waals surface area contributed by atoms with Gasteiger partial charge in [0.1, 0.15) is 5.75 Å². The zero-order valence-electron chi connectivity index (χ0n) is 17.6. The Bertz CT molecular complexity index is 768. The van der Waals surface area contributed by atoms with E-state index in [1.165, 1.54) is 31.4 Å². The van der Waals surface area contributed by atoms with Gasteiger partial charge in [0.2, 0.25) is 5.91 Å². The third kappa shape index (κ3) is 5.17. The van der Waals surface area contributed by atoms with Crippen LogP contribution in [0, 0.1) is 11.3 Å². The van der Waals surface area contributed by atoms with Gasteiger partial charge in [-0.1, -0.05) is 6.42 Å². The maximum absolute atomic E-state index is 13.2. The number of alkyl halides is 3. The lowest BCUT2D eigenvalue weighted by molar-refractivity contribution is -0.153. The van der Waals surface area contributed by atoms with E-state index in [9.17, 15) is 23.1 Å². The summed E-state index contributed by atoms with van der Waals surface area (Å²) in [5.41, 5.74) is -0.669. The lowest BCUT2D eigenvalue weighted by Crippen LogP contribution is -2.46. The molecular weight excluding hydrogens is 411 g/mol. The number of carbonyl (C=O) groups is 1. The number of carbonyl (C=O) groups excluding carboxylic acids is 1. The summed E-state index contributed by atoms with van der Waals surface area (Å²) in [7, 11) is 0. The number of hydrogen-bond donors (Lipinski definition) is 1. The highest BCUT2D eigenvalue weighted by molar-refractivity contribution is 6.00. The van der Waals surface area contributed by atoms with Crippen LogP contribution in [-0.4, -0.2) is 49.2 Å². The number of rotatable bonds is 7. The molecule has 0 bridgehead atoms. The zero-order chi connectivity index (χ0) is 22.1. The third-order valence-electron chi connectivity index (χ3n) is 7.15. The van der Waals surface area contributed by atoms with E-state index in [0.29, 0.717) is 57.0 Å². The molecule has 1 amide bonds. The van der Waals surface area contributed by atoms with E-state index in [0.717, 1.165) is 6.42 Å². The summed E-state index contributed by atoms with van der Waals surface area (Å²) in [5, 5.41) is 10.9. The molecule has 0 aromatic heterocycles. The van der Waals surface area contributed by atoms with Gasteiger partial charge in [-0.3, -0.25) is 4.79 Å². The lowest BCUT2D eigenvalue weighted by Gasteiger charge is -2.41. The molecule has 1 N–H and O–H groups in total. The van der Waals surface area contributed by atoms with Gasteiger partial charge in [0.25, 0.3) is 0 Å². The molecule has 0 unspecified atom stereocenters. The van der Waals surface area contributed by atoms with Crippen molar-refractivity contribution in [1.29, 1.82) is 0 Å². The summed E-state index contributed by atoms with van der Waals surface area (Å²) in [4.78, 5) is 14.9. The van der Waals surface area contributed by atoms with E-state index in [1.807, 2.05) is 0 Å². The summed E-state index contributed by atoms with van der Waals surface area (Å²) < 4.78 is 47.4. The van der Waals surface area contributed by atoms with E-state index in [4.69, 9.17) is 9.47 Å². The molecule has 8 heteroatoms. The Morgan fingerprint density at radius 2 is 1.74 bits per heavy atom. The predicted octanol–water partition coefficient (Wildman–Crippen LogP) is 4.47. The molecular formula is C23H30F3NO4. The van der Waals surface area contributed by atoms with E-state index in [-0.39, 0.29) is 11.7 Å². The predicted molar refractivity (Wildman–Crippen MR) is 109 cm³/mol. The van der Waals surface area contributed by atoms with Crippen LogP contribution >= 0.6 is 0 Å². The van der Waals surface area contributed by atoms with E-state index in [1.54, 1.807) is 17.0 Å². The molecule has 1 aliphatic heterocycles. The topological polar surface area (TPSA) is 59.0 Å². The highest BCUT2D eigenvalue weighted by Gasteiger charge is 2.51. The fourth-order valence-electron chi connectivity index (χ4n) is 4.83. The summed E-state index contributed by atoms with van der Waals surface area (Å²) in [6.07, 6.45) is 2.35. The van der Waals surface area contributed by atoms with Crippen LogP contribution in [0.15, 0.2) is 24.3 Å². The molecule has 0 radical (unpaired) electrons. The van der Waals surface area contributed by atoms with Crippen LogP contribution in [0.2, 0.25) is 0 Å². The van der Waals surface area contributed by atoms with Crippen molar-refractivity contribution in [3.8, 4) is 5.75 Å². The molecule has 5 nitrogen and oxygen atoms in total. The molecule has 2 saturated carbocycles. The van der Waals surface area contributed by atoms with Crippen molar-refractivity contribution in [2.24, 2.45) is 11.3 Å².